The van der Waals surface area contributed by atoms with E-state index in [9.17, 15) is 13.2 Å². The van der Waals surface area contributed by atoms with Crippen molar-refractivity contribution in [2.45, 2.75) is 22.6 Å². The van der Waals surface area contributed by atoms with Gasteiger partial charge >= 0.3 is 0 Å². The fraction of sp³-hybridized carbons (Fsp3) is 0.350. The predicted molar refractivity (Wildman–Crippen MR) is 113 cm³/mol. The molecular formula is C20H24N2O5S2. The lowest BCUT2D eigenvalue weighted by Crippen LogP contribution is -2.28. The minimum Gasteiger partial charge on any atom is -0.497 e. The Morgan fingerprint density at radius 3 is 2.38 bits per heavy atom. The molecule has 0 atom stereocenters. The first kappa shape index (κ1) is 21.5. The first-order valence-corrected chi connectivity index (χ1v) is 11.6. The molecular weight excluding hydrogens is 412 g/mol. The zero-order chi connectivity index (χ0) is 20.9. The van der Waals surface area contributed by atoms with Crippen LogP contribution >= 0.6 is 11.8 Å². The summed E-state index contributed by atoms with van der Waals surface area (Å²) in [7, 11) is -0.498. The molecule has 7 nitrogen and oxygen atoms in total. The summed E-state index contributed by atoms with van der Waals surface area (Å²) < 4.78 is 37.5. The van der Waals surface area contributed by atoms with Gasteiger partial charge in [0, 0.05) is 18.0 Å². The molecule has 0 saturated carbocycles. The minimum absolute atomic E-state index is 0.151. The first-order chi connectivity index (χ1) is 13.9. The van der Waals surface area contributed by atoms with Crippen molar-refractivity contribution in [1.82, 2.24) is 4.31 Å². The van der Waals surface area contributed by atoms with Crippen LogP contribution in [-0.4, -0.2) is 51.7 Å². The number of ether oxygens (including phenoxy) is 2. The number of nitrogens with zero attached hydrogens (tertiary/aromatic N) is 1. The van der Waals surface area contributed by atoms with Crippen LogP contribution in [0.4, 0.5) is 5.69 Å². The predicted octanol–water partition coefficient (Wildman–Crippen LogP) is 3.22. The van der Waals surface area contributed by atoms with E-state index < -0.39 is 10.0 Å². The van der Waals surface area contributed by atoms with Gasteiger partial charge in [-0.05, 0) is 55.3 Å². The summed E-state index contributed by atoms with van der Waals surface area (Å²) in [5.41, 5.74) is 0.341. The molecule has 156 valence electrons. The number of carbonyl (C=O) groups is 1. The van der Waals surface area contributed by atoms with Crippen molar-refractivity contribution in [1.29, 1.82) is 0 Å². The zero-order valence-electron chi connectivity index (χ0n) is 16.4. The molecule has 0 unspecified atom stereocenters. The molecule has 1 N–H and O–H groups in total. The van der Waals surface area contributed by atoms with Crippen molar-refractivity contribution >= 4 is 33.4 Å². The van der Waals surface area contributed by atoms with Crippen LogP contribution in [0, 0.1) is 0 Å². The second kappa shape index (κ2) is 9.51. The molecule has 1 amide bonds. The maximum absolute atomic E-state index is 12.8. The average molecular weight is 437 g/mol. The SMILES string of the molecule is COc1ccc(SCC(=O)Nc2cc(S(=O)(=O)N3CCCC3)ccc2OC)cc1. The highest BCUT2D eigenvalue weighted by atomic mass is 32.2. The van der Waals surface area contributed by atoms with E-state index in [4.69, 9.17) is 9.47 Å². The van der Waals surface area contributed by atoms with Crippen LogP contribution in [0.2, 0.25) is 0 Å². The van der Waals surface area contributed by atoms with Gasteiger partial charge in [-0.2, -0.15) is 4.31 Å². The lowest BCUT2D eigenvalue weighted by atomic mass is 10.3. The standard InChI is InChI=1S/C20H24N2O5S2/c1-26-15-5-7-16(8-6-15)28-14-20(23)21-18-13-17(9-10-19(18)27-2)29(24,25)22-11-3-4-12-22/h5-10,13H,3-4,11-12,14H2,1-2H3,(H,21,23). The zero-order valence-corrected chi connectivity index (χ0v) is 18.0. The maximum Gasteiger partial charge on any atom is 0.243 e. The first-order valence-electron chi connectivity index (χ1n) is 9.19. The molecule has 1 saturated heterocycles. The summed E-state index contributed by atoms with van der Waals surface area (Å²) in [6.45, 7) is 1.04. The van der Waals surface area contributed by atoms with Crippen LogP contribution in [-0.2, 0) is 14.8 Å². The van der Waals surface area contributed by atoms with Crippen LogP contribution in [0.5, 0.6) is 11.5 Å². The summed E-state index contributed by atoms with van der Waals surface area (Å²) in [6, 6.07) is 11.9. The molecule has 1 aliphatic rings. The molecule has 1 fully saturated rings. The van der Waals surface area contributed by atoms with E-state index in [1.54, 1.807) is 13.2 Å². The molecule has 3 rings (SSSR count). The second-order valence-corrected chi connectivity index (χ2v) is 9.47. The molecule has 0 bridgehead atoms. The Bertz CT molecular complexity index is 955. The number of sulfonamides is 1. The van der Waals surface area contributed by atoms with Gasteiger partial charge < -0.3 is 14.8 Å². The maximum atomic E-state index is 12.8. The van der Waals surface area contributed by atoms with Gasteiger partial charge in [0.15, 0.2) is 0 Å². The van der Waals surface area contributed by atoms with Crippen LogP contribution in [0.3, 0.4) is 0 Å². The highest BCUT2D eigenvalue weighted by molar-refractivity contribution is 8.00. The summed E-state index contributed by atoms with van der Waals surface area (Å²) in [6.07, 6.45) is 1.73. The van der Waals surface area contributed by atoms with E-state index in [1.165, 1.54) is 35.3 Å². The van der Waals surface area contributed by atoms with E-state index in [2.05, 4.69) is 5.32 Å². The lowest BCUT2D eigenvalue weighted by Gasteiger charge is -2.17. The molecule has 0 radical (unpaired) electrons. The van der Waals surface area contributed by atoms with Gasteiger partial charge in [0.1, 0.15) is 11.5 Å². The number of rotatable bonds is 8. The number of thioether (sulfide) groups is 1. The molecule has 0 spiro atoms. The van der Waals surface area contributed by atoms with E-state index in [-0.39, 0.29) is 16.6 Å². The smallest absolute Gasteiger partial charge is 0.243 e. The molecule has 9 heteroatoms. The number of nitrogens with one attached hydrogen (secondary N) is 1. The van der Waals surface area contributed by atoms with Crippen LogP contribution in [0.1, 0.15) is 12.8 Å². The Labute approximate surface area is 175 Å². The molecule has 1 heterocycles. The number of carbonyl (C=O) groups excluding carboxylic acids is 1. The van der Waals surface area contributed by atoms with Crippen molar-refractivity contribution in [3.63, 3.8) is 0 Å². The Morgan fingerprint density at radius 2 is 1.76 bits per heavy atom. The number of amides is 1. The van der Waals surface area contributed by atoms with Crippen LogP contribution < -0.4 is 14.8 Å². The van der Waals surface area contributed by atoms with Crippen molar-refractivity contribution in [2.75, 3.05) is 38.4 Å². The number of hydrogen-bond acceptors (Lipinski definition) is 6. The number of methoxy groups -OCH3 is 2. The van der Waals surface area contributed by atoms with Crippen molar-refractivity contribution in [3.05, 3.63) is 42.5 Å². The summed E-state index contributed by atoms with van der Waals surface area (Å²) in [5, 5.41) is 2.76. The van der Waals surface area contributed by atoms with Gasteiger partial charge in [-0.15, -0.1) is 11.8 Å². The molecule has 0 aromatic heterocycles. The monoisotopic (exact) mass is 436 g/mol. The third-order valence-corrected chi connectivity index (χ3v) is 7.48. The summed E-state index contributed by atoms with van der Waals surface area (Å²) in [4.78, 5) is 13.5. The van der Waals surface area contributed by atoms with Crippen molar-refractivity contribution < 1.29 is 22.7 Å². The molecule has 1 aliphatic heterocycles. The number of hydrogen-bond donors (Lipinski definition) is 1. The largest absolute Gasteiger partial charge is 0.497 e. The molecule has 29 heavy (non-hydrogen) atoms. The second-order valence-electron chi connectivity index (χ2n) is 6.49. The van der Waals surface area contributed by atoms with E-state index >= 15 is 0 Å². The number of benzene rings is 2. The number of anilines is 1. The Morgan fingerprint density at radius 1 is 1.07 bits per heavy atom. The molecule has 0 aliphatic carbocycles. The van der Waals surface area contributed by atoms with Crippen molar-refractivity contribution in [3.8, 4) is 11.5 Å². The van der Waals surface area contributed by atoms with Crippen LogP contribution in [0.15, 0.2) is 52.3 Å². The fourth-order valence-electron chi connectivity index (χ4n) is 3.03. The van der Waals surface area contributed by atoms with Gasteiger partial charge in [0.25, 0.3) is 0 Å². The van der Waals surface area contributed by atoms with E-state index in [0.29, 0.717) is 24.5 Å². The lowest BCUT2D eigenvalue weighted by molar-refractivity contribution is -0.113. The minimum atomic E-state index is -3.57. The van der Waals surface area contributed by atoms with Gasteiger partial charge in [-0.25, -0.2) is 8.42 Å². The van der Waals surface area contributed by atoms with Gasteiger partial charge in [-0.1, -0.05) is 0 Å². The topological polar surface area (TPSA) is 84.9 Å². The van der Waals surface area contributed by atoms with Gasteiger partial charge in [0.05, 0.1) is 30.6 Å². The normalized spacial score (nSPS) is 14.6. The Kier molecular flexibility index (Phi) is 7.05. The quantitative estimate of drug-likeness (QED) is 0.640. The van der Waals surface area contributed by atoms with Crippen LogP contribution in [0.25, 0.3) is 0 Å². The van der Waals surface area contributed by atoms with Gasteiger partial charge in [0.2, 0.25) is 15.9 Å². The van der Waals surface area contributed by atoms with Gasteiger partial charge in [-0.3, -0.25) is 4.79 Å². The third kappa shape index (κ3) is 5.23. The van der Waals surface area contributed by atoms with E-state index in [0.717, 1.165) is 23.5 Å². The third-order valence-electron chi connectivity index (χ3n) is 4.58. The summed E-state index contributed by atoms with van der Waals surface area (Å²) >= 11 is 1.38. The Hall–Kier alpha value is -2.23. The molecule has 2 aromatic carbocycles. The van der Waals surface area contributed by atoms with E-state index in [1.807, 2.05) is 24.3 Å². The molecule has 2 aromatic rings. The summed E-state index contributed by atoms with van der Waals surface area (Å²) in [5.74, 6) is 1.09. The highest BCUT2D eigenvalue weighted by Gasteiger charge is 2.28. The average Bonchev–Trinajstić information content (AvgIpc) is 3.28. The van der Waals surface area contributed by atoms with Crippen molar-refractivity contribution in [2.24, 2.45) is 0 Å². The Balaban J connectivity index is 1.70. The highest BCUT2D eigenvalue weighted by Crippen LogP contribution is 2.30. The fourth-order valence-corrected chi connectivity index (χ4v) is 5.27.